The molecule has 0 saturated heterocycles. The molecule has 0 fully saturated rings. The van der Waals surface area contributed by atoms with E-state index in [1.165, 1.54) is 27.5 Å². The number of methoxy groups -OCH3 is 2. The van der Waals surface area contributed by atoms with Crippen LogP contribution in [-0.2, 0) is 5.41 Å². The molecule has 3 nitrogen and oxygen atoms in total. The molecule has 4 rings (SSSR count). The first-order valence-electron chi connectivity index (χ1n) is 7.72. The molecule has 0 bridgehead atoms. The third-order valence-electron chi connectivity index (χ3n) is 4.85. The minimum Gasteiger partial charge on any atom is -0.497 e. The monoisotopic (exact) mass is 305 g/mol. The fourth-order valence-electron chi connectivity index (χ4n) is 3.62. The molecular formula is C20H19NO2. The van der Waals surface area contributed by atoms with E-state index in [4.69, 9.17) is 14.5 Å². The summed E-state index contributed by atoms with van der Waals surface area (Å²) in [7, 11) is 3.41. The van der Waals surface area contributed by atoms with Crippen molar-refractivity contribution in [2.24, 2.45) is 0 Å². The van der Waals surface area contributed by atoms with E-state index in [1.54, 1.807) is 14.2 Å². The number of pyridine rings is 1. The van der Waals surface area contributed by atoms with Crippen LogP contribution in [0.3, 0.4) is 0 Å². The molecule has 1 heterocycles. The van der Waals surface area contributed by atoms with E-state index in [9.17, 15) is 0 Å². The van der Waals surface area contributed by atoms with Gasteiger partial charge in [0.2, 0.25) is 0 Å². The van der Waals surface area contributed by atoms with Crippen molar-refractivity contribution in [3.05, 3.63) is 53.9 Å². The highest BCUT2D eigenvalue weighted by molar-refractivity contribution is 6.03. The Hall–Kier alpha value is -2.55. The second-order valence-corrected chi connectivity index (χ2v) is 6.47. The summed E-state index contributed by atoms with van der Waals surface area (Å²) in [6.07, 6.45) is 1.88. The van der Waals surface area contributed by atoms with Crippen LogP contribution < -0.4 is 9.47 Å². The molecule has 0 saturated carbocycles. The van der Waals surface area contributed by atoms with Crippen LogP contribution in [0.4, 0.5) is 0 Å². The van der Waals surface area contributed by atoms with Gasteiger partial charge in [0.05, 0.1) is 19.9 Å². The van der Waals surface area contributed by atoms with E-state index in [0.29, 0.717) is 0 Å². The molecule has 0 aliphatic heterocycles. The standard InChI is InChI=1S/C20H19NO2/c1-20(2)17-11-13(22-3)5-6-15(17)16-10-14(23-4)9-12-7-8-21-19(20)18(12)16/h5-11H,1-4H3. The van der Waals surface area contributed by atoms with Crippen molar-refractivity contribution in [3.8, 4) is 22.6 Å². The molecule has 23 heavy (non-hydrogen) atoms. The Morgan fingerprint density at radius 3 is 2.39 bits per heavy atom. The van der Waals surface area contributed by atoms with Gasteiger partial charge >= 0.3 is 0 Å². The first kappa shape index (κ1) is 14.1. The van der Waals surface area contributed by atoms with Crippen LogP contribution in [-0.4, -0.2) is 19.2 Å². The van der Waals surface area contributed by atoms with Crippen LogP contribution in [0, 0.1) is 0 Å². The summed E-state index contributed by atoms with van der Waals surface area (Å²) in [5.41, 5.74) is 4.57. The molecule has 3 heteroatoms. The van der Waals surface area contributed by atoms with Crippen molar-refractivity contribution in [2.75, 3.05) is 14.2 Å². The van der Waals surface area contributed by atoms with E-state index in [0.717, 1.165) is 17.2 Å². The first-order valence-corrected chi connectivity index (χ1v) is 7.72. The average molecular weight is 305 g/mol. The molecular weight excluding hydrogens is 286 g/mol. The van der Waals surface area contributed by atoms with Crippen molar-refractivity contribution >= 4 is 10.8 Å². The van der Waals surface area contributed by atoms with Crippen LogP contribution in [0.5, 0.6) is 11.5 Å². The SMILES string of the molecule is COc1ccc2c(c1)C(C)(C)c1nccc3cc(OC)cc-2c13. The van der Waals surface area contributed by atoms with Gasteiger partial charge in [-0.25, -0.2) is 0 Å². The number of hydrogen-bond donors (Lipinski definition) is 0. The molecule has 2 aromatic carbocycles. The van der Waals surface area contributed by atoms with Gasteiger partial charge in [-0.2, -0.15) is 0 Å². The number of nitrogens with zero attached hydrogens (tertiary/aromatic N) is 1. The van der Waals surface area contributed by atoms with Crippen LogP contribution >= 0.6 is 0 Å². The molecule has 0 spiro atoms. The second-order valence-electron chi connectivity index (χ2n) is 6.47. The van der Waals surface area contributed by atoms with E-state index in [2.05, 4.69) is 44.2 Å². The summed E-state index contributed by atoms with van der Waals surface area (Å²) in [5.74, 6) is 1.74. The van der Waals surface area contributed by atoms with Crippen LogP contribution in [0.25, 0.3) is 21.9 Å². The molecule has 1 aliphatic carbocycles. The number of fused-ring (bicyclic) bond motifs is 2. The fourth-order valence-corrected chi connectivity index (χ4v) is 3.62. The maximum Gasteiger partial charge on any atom is 0.120 e. The van der Waals surface area contributed by atoms with Crippen molar-refractivity contribution in [2.45, 2.75) is 19.3 Å². The molecule has 0 N–H and O–H groups in total. The summed E-state index contributed by atoms with van der Waals surface area (Å²) < 4.78 is 10.9. The highest BCUT2D eigenvalue weighted by Crippen LogP contribution is 2.49. The Morgan fingerprint density at radius 1 is 0.870 bits per heavy atom. The fraction of sp³-hybridized carbons (Fsp3) is 0.250. The zero-order valence-corrected chi connectivity index (χ0v) is 13.8. The van der Waals surface area contributed by atoms with Gasteiger partial charge in [-0.1, -0.05) is 19.9 Å². The molecule has 0 radical (unpaired) electrons. The predicted octanol–water partition coefficient (Wildman–Crippen LogP) is 4.56. The van der Waals surface area contributed by atoms with Gasteiger partial charge in [-0.3, -0.25) is 4.98 Å². The predicted molar refractivity (Wildman–Crippen MR) is 92.4 cm³/mol. The summed E-state index contributed by atoms with van der Waals surface area (Å²) in [6, 6.07) is 12.5. The van der Waals surface area contributed by atoms with Crippen LogP contribution in [0.1, 0.15) is 25.1 Å². The molecule has 0 amide bonds. The first-order chi connectivity index (χ1) is 11.1. The van der Waals surface area contributed by atoms with Gasteiger partial charge in [-0.05, 0) is 52.4 Å². The molecule has 0 unspecified atom stereocenters. The lowest BCUT2D eigenvalue weighted by atomic mass is 9.71. The smallest absolute Gasteiger partial charge is 0.120 e. The summed E-state index contributed by atoms with van der Waals surface area (Å²) in [6.45, 7) is 4.44. The van der Waals surface area contributed by atoms with Crippen molar-refractivity contribution in [1.29, 1.82) is 0 Å². The molecule has 1 aliphatic rings. The Bertz CT molecular complexity index is 928. The maximum atomic E-state index is 5.50. The van der Waals surface area contributed by atoms with E-state index < -0.39 is 0 Å². The minimum atomic E-state index is -0.176. The van der Waals surface area contributed by atoms with Gasteiger partial charge < -0.3 is 9.47 Å². The Balaban J connectivity index is 2.17. The van der Waals surface area contributed by atoms with Crippen LogP contribution in [0.15, 0.2) is 42.6 Å². The zero-order valence-electron chi connectivity index (χ0n) is 13.8. The normalized spacial score (nSPS) is 14.4. The average Bonchev–Trinajstić information content (AvgIpc) is 2.58. The molecule has 0 atom stereocenters. The van der Waals surface area contributed by atoms with E-state index in [-0.39, 0.29) is 5.41 Å². The van der Waals surface area contributed by atoms with E-state index in [1.807, 2.05) is 12.3 Å². The summed E-state index contributed by atoms with van der Waals surface area (Å²) in [4.78, 5) is 4.72. The number of ether oxygens (including phenoxy) is 2. The van der Waals surface area contributed by atoms with Gasteiger partial charge in [0.1, 0.15) is 11.5 Å². The number of benzene rings is 2. The lowest BCUT2D eigenvalue weighted by Gasteiger charge is -2.34. The highest BCUT2D eigenvalue weighted by Gasteiger charge is 2.35. The van der Waals surface area contributed by atoms with Crippen molar-refractivity contribution in [3.63, 3.8) is 0 Å². The maximum absolute atomic E-state index is 5.50. The Kier molecular flexibility index (Phi) is 2.89. The van der Waals surface area contributed by atoms with Gasteiger partial charge in [-0.15, -0.1) is 0 Å². The van der Waals surface area contributed by atoms with Crippen molar-refractivity contribution in [1.82, 2.24) is 4.98 Å². The molecule has 1 aromatic heterocycles. The quantitative estimate of drug-likeness (QED) is 0.695. The lowest BCUT2D eigenvalue weighted by molar-refractivity contribution is 0.413. The second kappa shape index (κ2) is 4.72. The highest BCUT2D eigenvalue weighted by atomic mass is 16.5. The molecule has 116 valence electrons. The van der Waals surface area contributed by atoms with Crippen LogP contribution in [0.2, 0.25) is 0 Å². The summed E-state index contributed by atoms with van der Waals surface area (Å²) in [5, 5.41) is 2.38. The topological polar surface area (TPSA) is 31.4 Å². The zero-order chi connectivity index (χ0) is 16.2. The minimum absolute atomic E-state index is 0.176. The van der Waals surface area contributed by atoms with Gasteiger partial charge in [0.15, 0.2) is 0 Å². The lowest BCUT2D eigenvalue weighted by Crippen LogP contribution is -2.25. The van der Waals surface area contributed by atoms with Crippen molar-refractivity contribution < 1.29 is 9.47 Å². The third-order valence-corrected chi connectivity index (χ3v) is 4.85. The van der Waals surface area contributed by atoms with E-state index >= 15 is 0 Å². The number of aromatic nitrogens is 1. The Morgan fingerprint density at radius 2 is 1.65 bits per heavy atom. The number of rotatable bonds is 2. The number of hydrogen-bond acceptors (Lipinski definition) is 3. The van der Waals surface area contributed by atoms with Gasteiger partial charge in [0, 0.05) is 17.0 Å². The molecule has 3 aromatic rings. The van der Waals surface area contributed by atoms with Gasteiger partial charge in [0.25, 0.3) is 0 Å². The third kappa shape index (κ3) is 1.86. The largest absolute Gasteiger partial charge is 0.497 e. The Labute approximate surface area is 135 Å². The summed E-state index contributed by atoms with van der Waals surface area (Å²) >= 11 is 0.